The highest BCUT2D eigenvalue weighted by molar-refractivity contribution is 9.10. The minimum absolute atomic E-state index is 0.572. The molecule has 0 saturated carbocycles. The lowest BCUT2D eigenvalue weighted by atomic mass is 10.0. The van der Waals surface area contributed by atoms with Crippen molar-refractivity contribution in [3.63, 3.8) is 0 Å². The molecule has 0 aliphatic rings. The second kappa shape index (κ2) is 5.99. The van der Waals surface area contributed by atoms with Crippen LogP contribution in [0.3, 0.4) is 0 Å². The largest absolute Gasteiger partial charge is 0.496 e. The van der Waals surface area contributed by atoms with Crippen molar-refractivity contribution in [1.29, 1.82) is 0 Å². The van der Waals surface area contributed by atoms with Crippen LogP contribution in [0.4, 0.5) is 0 Å². The van der Waals surface area contributed by atoms with Crippen molar-refractivity contribution >= 4 is 32.5 Å². The first kappa shape index (κ1) is 15.4. The fraction of sp³-hybridized carbons (Fsp3) is 0.385. The summed E-state index contributed by atoms with van der Waals surface area (Å²) in [5.41, 5.74) is 1.95. The molecule has 5 heteroatoms. The highest BCUT2D eigenvalue weighted by atomic mass is 79.9. The van der Waals surface area contributed by atoms with E-state index in [9.17, 15) is 4.21 Å². The van der Waals surface area contributed by atoms with Crippen LogP contribution in [0.15, 0.2) is 28.7 Å². The third-order valence-electron chi connectivity index (χ3n) is 2.67. The standard InChI is InChI=1S/C13H18BrNO2S/c1-9(8-13(2,3)18(15)16)11-7-10(14)5-6-12(11)17-4/h5-8H,15H2,1-4H3/b9-8+. The molecule has 1 rings (SSSR count). The smallest absolute Gasteiger partial charge is 0.126 e. The minimum Gasteiger partial charge on any atom is -0.496 e. The zero-order chi connectivity index (χ0) is 13.9. The van der Waals surface area contributed by atoms with E-state index in [0.29, 0.717) is 0 Å². The Morgan fingerprint density at radius 1 is 1.50 bits per heavy atom. The summed E-state index contributed by atoms with van der Waals surface area (Å²) in [6.45, 7) is 5.65. The number of rotatable bonds is 4. The molecule has 0 amide bonds. The van der Waals surface area contributed by atoms with Crippen LogP contribution in [-0.2, 0) is 11.0 Å². The van der Waals surface area contributed by atoms with Crippen LogP contribution in [0.5, 0.6) is 5.75 Å². The van der Waals surface area contributed by atoms with Gasteiger partial charge in [0.15, 0.2) is 0 Å². The van der Waals surface area contributed by atoms with E-state index in [4.69, 9.17) is 9.88 Å². The SMILES string of the molecule is COc1ccc(Br)cc1/C(C)=C/C(C)(C)S(N)=O. The average Bonchev–Trinajstić information content (AvgIpc) is 2.28. The molecule has 2 N–H and O–H groups in total. The molecule has 100 valence electrons. The molecule has 3 nitrogen and oxygen atoms in total. The van der Waals surface area contributed by atoms with Gasteiger partial charge in [0, 0.05) is 10.0 Å². The first-order valence-corrected chi connectivity index (χ1v) is 7.48. The van der Waals surface area contributed by atoms with E-state index >= 15 is 0 Å². The zero-order valence-corrected chi connectivity index (χ0v) is 13.4. The molecule has 1 atom stereocenters. The van der Waals surface area contributed by atoms with Crippen LogP contribution in [0.2, 0.25) is 0 Å². The number of hydrogen-bond acceptors (Lipinski definition) is 2. The van der Waals surface area contributed by atoms with Gasteiger partial charge in [0.25, 0.3) is 0 Å². The van der Waals surface area contributed by atoms with Gasteiger partial charge < -0.3 is 4.74 Å². The van der Waals surface area contributed by atoms with Gasteiger partial charge >= 0.3 is 0 Å². The van der Waals surface area contributed by atoms with Crippen LogP contribution in [-0.4, -0.2) is 16.1 Å². The fourth-order valence-electron chi connectivity index (χ4n) is 1.65. The average molecular weight is 332 g/mol. The first-order chi connectivity index (χ1) is 8.27. The van der Waals surface area contributed by atoms with E-state index in [1.54, 1.807) is 7.11 Å². The Bertz CT molecular complexity index is 498. The van der Waals surface area contributed by atoms with Crippen molar-refractivity contribution in [2.24, 2.45) is 5.14 Å². The Morgan fingerprint density at radius 2 is 2.11 bits per heavy atom. The number of ether oxygens (including phenoxy) is 1. The third-order valence-corrected chi connectivity index (χ3v) is 4.32. The van der Waals surface area contributed by atoms with Gasteiger partial charge in [-0.1, -0.05) is 22.0 Å². The number of nitrogens with two attached hydrogens (primary N) is 1. The number of benzene rings is 1. The summed E-state index contributed by atoms with van der Waals surface area (Å²) in [6, 6.07) is 5.78. The molecule has 0 aromatic heterocycles. The van der Waals surface area contributed by atoms with Gasteiger partial charge in [0.2, 0.25) is 0 Å². The van der Waals surface area contributed by atoms with Crippen LogP contribution in [0, 0.1) is 0 Å². The second-order valence-electron chi connectivity index (χ2n) is 4.57. The monoisotopic (exact) mass is 331 g/mol. The lowest BCUT2D eigenvalue weighted by Gasteiger charge is -2.18. The summed E-state index contributed by atoms with van der Waals surface area (Å²) in [5, 5.41) is 5.48. The molecule has 1 aromatic carbocycles. The summed E-state index contributed by atoms with van der Waals surface area (Å²) in [4.78, 5) is 0. The molecular formula is C13H18BrNO2S. The summed E-state index contributed by atoms with van der Waals surface area (Å²) in [7, 11) is 0.218. The molecular weight excluding hydrogens is 314 g/mol. The Labute approximate surface area is 119 Å². The molecule has 0 fully saturated rings. The molecule has 0 saturated heterocycles. The van der Waals surface area contributed by atoms with Crippen molar-refractivity contribution in [2.45, 2.75) is 25.5 Å². The maximum absolute atomic E-state index is 11.5. The van der Waals surface area contributed by atoms with Crippen molar-refractivity contribution < 1.29 is 8.95 Å². The quantitative estimate of drug-likeness (QED) is 0.920. The van der Waals surface area contributed by atoms with Crippen molar-refractivity contribution in [1.82, 2.24) is 0 Å². The Hall–Kier alpha value is -0.650. The highest BCUT2D eigenvalue weighted by Gasteiger charge is 2.21. The first-order valence-electron chi connectivity index (χ1n) is 5.47. The number of methoxy groups -OCH3 is 1. The van der Waals surface area contributed by atoms with Gasteiger partial charge in [0.05, 0.1) is 22.8 Å². The Kier molecular flexibility index (Phi) is 5.13. The van der Waals surface area contributed by atoms with E-state index in [1.165, 1.54) is 0 Å². The molecule has 0 radical (unpaired) electrons. The van der Waals surface area contributed by atoms with E-state index in [-0.39, 0.29) is 0 Å². The third kappa shape index (κ3) is 3.67. The molecule has 0 spiro atoms. The maximum atomic E-state index is 11.5. The fourth-order valence-corrected chi connectivity index (χ4v) is 2.30. The molecule has 1 aromatic rings. The van der Waals surface area contributed by atoms with E-state index < -0.39 is 15.7 Å². The molecule has 0 bridgehead atoms. The van der Waals surface area contributed by atoms with Crippen molar-refractivity contribution in [3.05, 3.63) is 34.3 Å². The molecule has 18 heavy (non-hydrogen) atoms. The second-order valence-corrected chi connectivity index (χ2v) is 7.14. The van der Waals surface area contributed by atoms with Gasteiger partial charge in [-0.3, -0.25) is 5.14 Å². The number of halogens is 1. The predicted octanol–water partition coefficient (Wildman–Crippen LogP) is 3.26. The lowest BCUT2D eigenvalue weighted by Crippen LogP contribution is -2.29. The summed E-state index contributed by atoms with van der Waals surface area (Å²) >= 11 is 3.43. The predicted molar refractivity (Wildman–Crippen MR) is 80.8 cm³/mol. The van der Waals surface area contributed by atoms with Crippen LogP contribution >= 0.6 is 15.9 Å². The zero-order valence-electron chi connectivity index (χ0n) is 11.0. The number of allylic oxidation sites excluding steroid dienone is 1. The van der Waals surface area contributed by atoms with Crippen molar-refractivity contribution in [2.75, 3.05) is 7.11 Å². The van der Waals surface area contributed by atoms with E-state index in [2.05, 4.69) is 15.9 Å². The van der Waals surface area contributed by atoms with Gasteiger partial charge in [-0.15, -0.1) is 0 Å². The van der Waals surface area contributed by atoms with Gasteiger partial charge in [-0.05, 0) is 44.5 Å². The lowest BCUT2D eigenvalue weighted by molar-refractivity contribution is 0.413. The van der Waals surface area contributed by atoms with E-state index in [1.807, 2.05) is 45.0 Å². The highest BCUT2D eigenvalue weighted by Crippen LogP contribution is 2.30. The summed E-state index contributed by atoms with van der Waals surface area (Å²) < 4.78 is 17.2. The molecule has 1 unspecified atom stereocenters. The van der Waals surface area contributed by atoms with Gasteiger partial charge in [-0.2, -0.15) is 0 Å². The Balaban J connectivity index is 3.25. The molecule has 0 aliphatic heterocycles. The van der Waals surface area contributed by atoms with Crippen LogP contribution < -0.4 is 9.88 Å². The normalized spacial score (nSPS) is 14.4. The number of hydrogen-bond donors (Lipinski definition) is 1. The minimum atomic E-state index is -1.41. The van der Waals surface area contributed by atoms with Crippen molar-refractivity contribution in [3.8, 4) is 5.75 Å². The molecule has 0 heterocycles. The summed E-state index contributed by atoms with van der Waals surface area (Å²) in [6.07, 6.45) is 1.91. The van der Waals surface area contributed by atoms with Gasteiger partial charge in [-0.25, -0.2) is 4.21 Å². The van der Waals surface area contributed by atoms with Crippen LogP contribution in [0.1, 0.15) is 26.3 Å². The molecule has 0 aliphatic carbocycles. The summed E-state index contributed by atoms with van der Waals surface area (Å²) in [5.74, 6) is 0.783. The van der Waals surface area contributed by atoms with Gasteiger partial charge in [0.1, 0.15) is 5.75 Å². The maximum Gasteiger partial charge on any atom is 0.126 e. The van der Waals surface area contributed by atoms with E-state index in [0.717, 1.165) is 21.4 Å². The Morgan fingerprint density at radius 3 is 2.61 bits per heavy atom. The topological polar surface area (TPSA) is 52.3 Å². The van der Waals surface area contributed by atoms with Crippen LogP contribution in [0.25, 0.3) is 5.57 Å².